The Labute approximate surface area is 311 Å². The number of amides is 1. The van der Waals surface area contributed by atoms with Crippen LogP contribution in [0.1, 0.15) is 36.1 Å². The molecular weight excluding hydrogens is 703 g/mol. The van der Waals surface area contributed by atoms with Crippen molar-refractivity contribution in [2.75, 3.05) is 26.9 Å². The molecule has 52 heavy (non-hydrogen) atoms. The number of pyridine rings is 2. The molecule has 7 rings (SSSR count). The van der Waals surface area contributed by atoms with Gasteiger partial charge in [0.2, 0.25) is 11.8 Å². The van der Waals surface area contributed by atoms with E-state index in [2.05, 4.69) is 16.0 Å². The van der Waals surface area contributed by atoms with Crippen molar-refractivity contribution >= 4 is 34.8 Å². The molecule has 2 aromatic carbocycles. The van der Waals surface area contributed by atoms with E-state index in [-0.39, 0.29) is 23.6 Å². The molecule has 0 bridgehead atoms. The van der Waals surface area contributed by atoms with Crippen molar-refractivity contribution < 1.29 is 19.4 Å². The molecular formula is C39H40Cl2N6O5. The highest BCUT2D eigenvalue weighted by Gasteiger charge is 2.24. The van der Waals surface area contributed by atoms with Crippen LogP contribution in [0.15, 0.2) is 71.7 Å². The fourth-order valence-electron chi connectivity index (χ4n) is 6.89. The van der Waals surface area contributed by atoms with Gasteiger partial charge in [-0.3, -0.25) is 14.0 Å². The third-order valence-electron chi connectivity index (χ3n) is 9.80. The number of nitrogens with one attached hydrogen (secondary N) is 3. The number of hydrogen-bond donors (Lipinski definition) is 4. The number of carbonyl (C=O) groups excluding carboxylic acids is 1. The second-order valence-electron chi connectivity index (χ2n) is 13.2. The summed E-state index contributed by atoms with van der Waals surface area (Å²) in [6.45, 7) is 4.18. The highest BCUT2D eigenvalue weighted by Crippen LogP contribution is 2.42. The molecule has 0 saturated carbocycles. The fraction of sp³-hybridized carbons (Fsp3) is 0.333. The van der Waals surface area contributed by atoms with Gasteiger partial charge < -0.3 is 30.5 Å². The molecule has 0 spiro atoms. The first-order valence-corrected chi connectivity index (χ1v) is 18.1. The van der Waals surface area contributed by atoms with Crippen molar-refractivity contribution in [1.82, 2.24) is 30.3 Å². The largest absolute Gasteiger partial charge is 0.481 e. The number of nitrogens with zero attached hydrogens (tertiary/aromatic N) is 3. The second kappa shape index (κ2) is 15.7. The van der Waals surface area contributed by atoms with E-state index in [9.17, 15) is 14.7 Å². The van der Waals surface area contributed by atoms with Crippen LogP contribution in [-0.2, 0) is 22.6 Å². The molecule has 2 fully saturated rings. The molecule has 0 aliphatic carbocycles. The van der Waals surface area contributed by atoms with Crippen LogP contribution < -0.4 is 26.2 Å². The van der Waals surface area contributed by atoms with Crippen molar-refractivity contribution in [2.45, 2.75) is 57.5 Å². The van der Waals surface area contributed by atoms with Crippen molar-refractivity contribution in [1.29, 1.82) is 0 Å². The van der Waals surface area contributed by atoms with Gasteiger partial charge in [0.15, 0.2) is 0 Å². The average molecular weight is 744 g/mol. The van der Waals surface area contributed by atoms with E-state index in [1.807, 2.05) is 67.6 Å². The Hall–Kier alpha value is -4.36. The van der Waals surface area contributed by atoms with E-state index < -0.39 is 6.10 Å². The number of aryl methyl sites for hydroxylation is 1. The summed E-state index contributed by atoms with van der Waals surface area (Å²) in [5.41, 5.74) is 6.87. The van der Waals surface area contributed by atoms with Crippen LogP contribution in [0.3, 0.4) is 0 Å². The minimum atomic E-state index is -0.563. The topological polar surface area (TPSA) is 139 Å². The lowest BCUT2D eigenvalue weighted by atomic mass is 9.97. The van der Waals surface area contributed by atoms with Crippen molar-refractivity contribution in [3.8, 4) is 39.4 Å². The zero-order valence-corrected chi connectivity index (χ0v) is 30.4. The van der Waals surface area contributed by atoms with Crippen LogP contribution in [-0.4, -0.2) is 70.4 Å². The molecule has 3 aromatic heterocycles. The molecule has 5 aromatic rings. The quantitative estimate of drug-likeness (QED) is 0.142. The van der Waals surface area contributed by atoms with Gasteiger partial charge in [0.1, 0.15) is 5.65 Å². The van der Waals surface area contributed by atoms with Gasteiger partial charge in [-0.05, 0) is 43.5 Å². The number of rotatable bonds is 11. The van der Waals surface area contributed by atoms with Crippen molar-refractivity contribution in [3.05, 3.63) is 104 Å². The Bertz CT molecular complexity index is 2190. The number of fused-ring (bicyclic) bond motifs is 1. The van der Waals surface area contributed by atoms with Crippen molar-refractivity contribution in [2.24, 2.45) is 0 Å². The van der Waals surface area contributed by atoms with E-state index in [1.165, 1.54) is 0 Å². The minimum Gasteiger partial charge on any atom is -0.481 e. The molecule has 270 valence electrons. The first-order valence-electron chi connectivity index (χ1n) is 17.3. The predicted octanol–water partition coefficient (Wildman–Crippen LogP) is 5.32. The third kappa shape index (κ3) is 7.43. The first kappa shape index (κ1) is 36.0. The van der Waals surface area contributed by atoms with Gasteiger partial charge in [0, 0.05) is 84.5 Å². The van der Waals surface area contributed by atoms with Gasteiger partial charge in [0.05, 0.1) is 41.1 Å². The molecule has 5 heterocycles. The third-order valence-corrected chi connectivity index (χ3v) is 10.6. The molecule has 4 N–H and O–H groups in total. The maximum atomic E-state index is 13.5. The van der Waals surface area contributed by atoms with Crippen LogP contribution >= 0.6 is 23.2 Å². The Kier molecular flexibility index (Phi) is 10.9. The zero-order valence-electron chi connectivity index (χ0n) is 28.9. The minimum absolute atomic E-state index is 0.0615. The molecule has 2 aliphatic heterocycles. The lowest BCUT2D eigenvalue weighted by molar-refractivity contribution is -0.119. The van der Waals surface area contributed by atoms with E-state index >= 15 is 0 Å². The highest BCUT2D eigenvalue weighted by molar-refractivity contribution is 6.39. The number of carbonyl (C=O) groups is 1. The summed E-state index contributed by atoms with van der Waals surface area (Å²) in [5, 5.41) is 20.9. The molecule has 3 atom stereocenters. The van der Waals surface area contributed by atoms with Crippen LogP contribution in [0.2, 0.25) is 10.0 Å². The van der Waals surface area contributed by atoms with E-state index in [1.54, 1.807) is 17.7 Å². The predicted molar refractivity (Wildman–Crippen MR) is 202 cm³/mol. The maximum Gasteiger partial charge on any atom is 0.262 e. The number of ether oxygens (including phenoxy) is 2. The maximum absolute atomic E-state index is 13.5. The highest BCUT2D eigenvalue weighted by atomic mass is 35.5. The average Bonchev–Trinajstić information content (AvgIpc) is 3.57. The number of halogens is 2. The summed E-state index contributed by atoms with van der Waals surface area (Å²) in [6, 6.07) is 19.1. The summed E-state index contributed by atoms with van der Waals surface area (Å²) in [6.07, 6.45) is 3.20. The Morgan fingerprint density at radius 1 is 0.981 bits per heavy atom. The molecule has 11 nitrogen and oxygen atoms in total. The number of benzene rings is 2. The van der Waals surface area contributed by atoms with E-state index in [0.29, 0.717) is 77.8 Å². The number of aromatic nitrogens is 3. The van der Waals surface area contributed by atoms with Gasteiger partial charge in [-0.15, -0.1) is 0 Å². The van der Waals surface area contributed by atoms with Crippen LogP contribution in [0, 0.1) is 6.92 Å². The van der Waals surface area contributed by atoms with Gasteiger partial charge in [-0.2, -0.15) is 0 Å². The lowest BCUT2D eigenvalue weighted by Crippen LogP contribution is -2.46. The normalized spacial score (nSPS) is 18.9. The second-order valence-corrected chi connectivity index (χ2v) is 13.9. The summed E-state index contributed by atoms with van der Waals surface area (Å²) in [7, 11) is 1.58. The first-order chi connectivity index (χ1) is 25.2. The summed E-state index contributed by atoms with van der Waals surface area (Å²) >= 11 is 14.2. The van der Waals surface area contributed by atoms with Crippen LogP contribution in [0.25, 0.3) is 39.2 Å². The van der Waals surface area contributed by atoms with Crippen LogP contribution in [0.5, 0.6) is 5.88 Å². The number of hydrogen-bond acceptors (Lipinski definition) is 9. The number of methoxy groups -OCH3 is 1. The Morgan fingerprint density at radius 3 is 2.46 bits per heavy atom. The Morgan fingerprint density at radius 2 is 1.73 bits per heavy atom. The number of aliphatic hydroxyl groups excluding tert-OH is 1. The fourth-order valence-corrected chi connectivity index (χ4v) is 7.55. The molecule has 13 heteroatoms. The van der Waals surface area contributed by atoms with Gasteiger partial charge >= 0.3 is 0 Å². The Balaban J connectivity index is 1.13. The molecule has 0 radical (unpaired) electrons. The van der Waals surface area contributed by atoms with Gasteiger partial charge in [0.25, 0.3) is 5.56 Å². The molecule has 1 amide bonds. The summed E-state index contributed by atoms with van der Waals surface area (Å²) in [4.78, 5) is 34.6. The monoisotopic (exact) mass is 742 g/mol. The van der Waals surface area contributed by atoms with Gasteiger partial charge in [-0.1, -0.05) is 65.7 Å². The number of aliphatic hydroxyl groups is 1. The summed E-state index contributed by atoms with van der Waals surface area (Å²) in [5.74, 6) is 0.529. The standard InChI is InChI=1S/C39H40Cl2N6O5/c1-22-30(20-42-19-25-10-12-35(49)45-25)39(50)47-15-13-23(17-34(47)44-22)26-5-3-6-27(36(26)40)28-7-4-8-29(37(28)41)31-11-9-24(38(46-31)51-2)18-43-32-14-16-52-21-33(32)48/h3-9,11,13,15,17,25,32-33,42-43,48H,10,12,14,16,18-21H2,1-2H3,(H,45,49)/t25-,32-,33+/m1/s1. The zero-order chi connectivity index (χ0) is 36.4. The van der Waals surface area contributed by atoms with Gasteiger partial charge in [-0.25, -0.2) is 9.97 Å². The molecule has 0 unspecified atom stereocenters. The smallest absolute Gasteiger partial charge is 0.262 e. The van der Waals surface area contributed by atoms with E-state index in [0.717, 1.165) is 46.2 Å². The lowest BCUT2D eigenvalue weighted by Gasteiger charge is -2.28. The SMILES string of the molecule is COc1nc(-c2cccc(-c3cccc(-c4ccn5c(=O)c(CNC[C@H]6CCC(=O)N6)c(C)nc5c4)c3Cl)c2Cl)ccc1CN[C@@H]1CCOC[C@@H]1O. The van der Waals surface area contributed by atoms with Crippen LogP contribution in [0.4, 0.5) is 0 Å². The van der Waals surface area contributed by atoms with E-state index in [4.69, 9.17) is 42.6 Å². The molecule has 2 saturated heterocycles. The van der Waals surface area contributed by atoms with Crippen molar-refractivity contribution in [3.63, 3.8) is 0 Å². The summed E-state index contributed by atoms with van der Waals surface area (Å²) < 4.78 is 12.5. The molecule has 2 aliphatic rings.